The molecule has 0 aliphatic rings. The fourth-order valence-electron chi connectivity index (χ4n) is 1.52. The Bertz CT molecular complexity index is 599. The molecule has 0 bridgehead atoms. The van der Waals surface area contributed by atoms with Gasteiger partial charge in [0.05, 0.1) is 23.5 Å². The van der Waals surface area contributed by atoms with Crippen LogP contribution in [0.5, 0.6) is 0 Å². The summed E-state index contributed by atoms with van der Waals surface area (Å²) in [5, 5.41) is 18.7. The topological polar surface area (TPSA) is 92.2 Å². The van der Waals surface area contributed by atoms with Gasteiger partial charge in [-0.15, -0.1) is 0 Å². The Kier molecular flexibility index (Phi) is 3.82. The number of nitrogens with one attached hydrogen (secondary N) is 1. The summed E-state index contributed by atoms with van der Waals surface area (Å²) in [6, 6.07) is 7.96. The van der Waals surface area contributed by atoms with E-state index < -0.39 is 5.97 Å². The molecular formula is C13H11N3O3. The zero-order valence-corrected chi connectivity index (χ0v) is 9.91. The summed E-state index contributed by atoms with van der Waals surface area (Å²) in [7, 11) is 0. The SMILES string of the molecule is O=C(O)c1cccc(CNC(=O)c2ccnnc2)c1. The minimum Gasteiger partial charge on any atom is -0.478 e. The summed E-state index contributed by atoms with van der Waals surface area (Å²) in [4.78, 5) is 22.6. The van der Waals surface area contributed by atoms with Crippen molar-refractivity contribution in [3.05, 3.63) is 59.4 Å². The lowest BCUT2D eigenvalue weighted by Gasteiger charge is -2.05. The molecule has 2 N–H and O–H groups in total. The predicted molar refractivity (Wildman–Crippen MR) is 66.6 cm³/mol. The quantitative estimate of drug-likeness (QED) is 0.855. The van der Waals surface area contributed by atoms with Gasteiger partial charge in [0.2, 0.25) is 0 Å². The predicted octanol–water partition coefficient (Wildman–Crippen LogP) is 1.10. The molecule has 19 heavy (non-hydrogen) atoms. The molecule has 2 rings (SSSR count). The second kappa shape index (κ2) is 5.72. The lowest BCUT2D eigenvalue weighted by molar-refractivity contribution is 0.0696. The monoisotopic (exact) mass is 257 g/mol. The molecule has 0 saturated carbocycles. The maximum atomic E-state index is 11.7. The van der Waals surface area contributed by atoms with Gasteiger partial charge in [0, 0.05) is 6.54 Å². The van der Waals surface area contributed by atoms with Gasteiger partial charge in [-0.1, -0.05) is 12.1 Å². The standard InChI is InChI=1S/C13H11N3O3/c17-12(11-4-5-15-16-8-11)14-7-9-2-1-3-10(6-9)13(18)19/h1-6,8H,7H2,(H,14,17)(H,18,19). The maximum Gasteiger partial charge on any atom is 0.335 e. The Morgan fingerprint density at radius 1 is 1.16 bits per heavy atom. The van der Waals surface area contributed by atoms with Crippen molar-refractivity contribution in [2.45, 2.75) is 6.54 Å². The lowest BCUT2D eigenvalue weighted by Crippen LogP contribution is -2.23. The molecule has 96 valence electrons. The number of hydrogen-bond donors (Lipinski definition) is 2. The largest absolute Gasteiger partial charge is 0.478 e. The number of carboxylic acid groups (broad SMARTS) is 1. The van der Waals surface area contributed by atoms with Crippen LogP contribution in [0, 0.1) is 0 Å². The fraction of sp³-hybridized carbons (Fsp3) is 0.0769. The number of aromatic carboxylic acids is 1. The zero-order valence-electron chi connectivity index (χ0n) is 9.91. The van der Waals surface area contributed by atoms with Crippen LogP contribution >= 0.6 is 0 Å². The third-order valence-electron chi connectivity index (χ3n) is 2.47. The molecule has 1 heterocycles. The molecule has 0 spiro atoms. The average molecular weight is 257 g/mol. The molecule has 0 saturated heterocycles. The first kappa shape index (κ1) is 12.7. The van der Waals surface area contributed by atoms with E-state index >= 15 is 0 Å². The molecule has 0 atom stereocenters. The van der Waals surface area contributed by atoms with E-state index in [9.17, 15) is 9.59 Å². The Balaban J connectivity index is 2.01. The molecule has 1 aromatic heterocycles. The van der Waals surface area contributed by atoms with E-state index in [1.54, 1.807) is 18.2 Å². The molecule has 2 aromatic rings. The van der Waals surface area contributed by atoms with Crippen LogP contribution in [0.15, 0.2) is 42.7 Å². The third-order valence-corrected chi connectivity index (χ3v) is 2.47. The minimum absolute atomic E-state index is 0.192. The van der Waals surface area contributed by atoms with Crippen molar-refractivity contribution in [1.82, 2.24) is 15.5 Å². The van der Waals surface area contributed by atoms with Crippen molar-refractivity contribution in [3.8, 4) is 0 Å². The molecule has 6 nitrogen and oxygen atoms in total. The highest BCUT2D eigenvalue weighted by Gasteiger charge is 2.06. The van der Waals surface area contributed by atoms with Gasteiger partial charge in [-0.05, 0) is 23.8 Å². The van der Waals surface area contributed by atoms with Gasteiger partial charge in [0.25, 0.3) is 5.91 Å². The van der Waals surface area contributed by atoms with Gasteiger partial charge in [-0.25, -0.2) is 4.79 Å². The molecule has 0 radical (unpaired) electrons. The second-order valence-corrected chi connectivity index (χ2v) is 3.82. The number of carbonyl (C=O) groups is 2. The van der Waals surface area contributed by atoms with Crippen LogP contribution in [0.3, 0.4) is 0 Å². The first-order valence-electron chi connectivity index (χ1n) is 5.54. The van der Waals surface area contributed by atoms with Gasteiger partial charge in [-0.3, -0.25) is 4.79 Å². The fourth-order valence-corrected chi connectivity index (χ4v) is 1.52. The molecule has 6 heteroatoms. The Morgan fingerprint density at radius 3 is 2.68 bits per heavy atom. The minimum atomic E-state index is -0.994. The van der Waals surface area contributed by atoms with Crippen molar-refractivity contribution < 1.29 is 14.7 Å². The van der Waals surface area contributed by atoms with E-state index in [0.717, 1.165) is 5.56 Å². The summed E-state index contributed by atoms with van der Waals surface area (Å²) in [6.07, 6.45) is 2.79. The Morgan fingerprint density at radius 2 is 2.00 bits per heavy atom. The number of benzene rings is 1. The average Bonchev–Trinajstić information content (AvgIpc) is 2.46. The maximum absolute atomic E-state index is 11.7. The summed E-state index contributed by atoms with van der Waals surface area (Å²) < 4.78 is 0. The van der Waals surface area contributed by atoms with Crippen molar-refractivity contribution in [1.29, 1.82) is 0 Å². The summed E-state index contributed by atoms with van der Waals surface area (Å²) in [6.45, 7) is 0.252. The highest BCUT2D eigenvalue weighted by molar-refractivity contribution is 5.93. The first-order valence-corrected chi connectivity index (χ1v) is 5.54. The van der Waals surface area contributed by atoms with Crippen molar-refractivity contribution in [3.63, 3.8) is 0 Å². The number of amides is 1. The van der Waals surface area contributed by atoms with Crippen LogP contribution in [-0.2, 0) is 6.54 Å². The first-order chi connectivity index (χ1) is 9.16. The lowest BCUT2D eigenvalue weighted by atomic mass is 10.1. The number of aromatic nitrogens is 2. The molecule has 0 unspecified atom stereocenters. The van der Waals surface area contributed by atoms with Gasteiger partial charge in [0.15, 0.2) is 0 Å². The smallest absolute Gasteiger partial charge is 0.335 e. The number of carbonyl (C=O) groups excluding carboxylic acids is 1. The van der Waals surface area contributed by atoms with E-state index in [1.807, 2.05) is 0 Å². The van der Waals surface area contributed by atoms with Crippen LogP contribution in [0.4, 0.5) is 0 Å². The van der Waals surface area contributed by atoms with Crippen molar-refractivity contribution in [2.75, 3.05) is 0 Å². The van der Waals surface area contributed by atoms with E-state index in [-0.39, 0.29) is 18.0 Å². The summed E-state index contributed by atoms with van der Waals surface area (Å²) in [5.74, 6) is -1.28. The van der Waals surface area contributed by atoms with E-state index in [1.165, 1.54) is 24.5 Å². The Hall–Kier alpha value is -2.76. The van der Waals surface area contributed by atoms with Crippen molar-refractivity contribution in [2.24, 2.45) is 0 Å². The summed E-state index contributed by atoms with van der Waals surface area (Å²) in [5.41, 5.74) is 1.32. The second-order valence-electron chi connectivity index (χ2n) is 3.82. The number of nitrogens with zero attached hydrogens (tertiary/aromatic N) is 2. The molecule has 0 aliphatic carbocycles. The van der Waals surface area contributed by atoms with Gasteiger partial charge in [0.1, 0.15) is 0 Å². The van der Waals surface area contributed by atoms with Crippen LogP contribution in [-0.4, -0.2) is 27.2 Å². The van der Waals surface area contributed by atoms with E-state index in [0.29, 0.717) is 5.56 Å². The molecule has 0 aliphatic heterocycles. The van der Waals surface area contributed by atoms with Crippen LogP contribution in [0.1, 0.15) is 26.3 Å². The van der Waals surface area contributed by atoms with E-state index in [2.05, 4.69) is 15.5 Å². The van der Waals surface area contributed by atoms with Crippen molar-refractivity contribution >= 4 is 11.9 Å². The highest BCUT2D eigenvalue weighted by Crippen LogP contribution is 2.05. The van der Waals surface area contributed by atoms with Gasteiger partial charge in [-0.2, -0.15) is 10.2 Å². The number of rotatable bonds is 4. The zero-order chi connectivity index (χ0) is 13.7. The Labute approximate surface area is 109 Å². The molecule has 1 aromatic carbocycles. The number of hydrogen-bond acceptors (Lipinski definition) is 4. The van der Waals surface area contributed by atoms with Gasteiger partial charge < -0.3 is 10.4 Å². The van der Waals surface area contributed by atoms with Gasteiger partial charge >= 0.3 is 5.97 Å². The van der Waals surface area contributed by atoms with Crippen LogP contribution < -0.4 is 5.32 Å². The molecular weight excluding hydrogens is 246 g/mol. The van der Waals surface area contributed by atoms with Crippen LogP contribution in [0.2, 0.25) is 0 Å². The summed E-state index contributed by atoms with van der Waals surface area (Å²) >= 11 is 0. The number of carboxylic acids is 1. The normalized spacial score (nSPS) is 9.89. The van der Waals surface area contributed by atoms with Crippen LogP contribution in [0.25, 0.3) is 0 Å². The molecule has 0 fully saturated rings. The van der Waals surface area contributed by atoms with E-state index in [4.69, 9.17) is 5.11 Å². The molecule has 1 amide bonds. The highest BCUT2D eigenvalue weighted by atomic mass is 16.4. The third kappa shape index (κ3) is 3.35.